The van der Waals surface area contributed by atoms with Crippen LogP contribution in [0.15, 0.2) is 146 Å². The van der Waals surface area contributed by atoms with Gasteiger partial charge in [0.2, 0.25) is 0 Å². The van der Waals surface area contributed by atoms with E-state index in [1.807, 2.05) is 12.3 Å². The van der Waals surface area contributed by atoms with Gasteiger partial charge in [-0.2, -0.15) is 0 Å². The van der Waals surface area contributed by atoms with E-state index in [4.69, 9.17) is 15.0 Å². The quantitative estimate of drug-likeness (QED) is 0.225. The summed E-state index contributed by atoms with van der Waals surface area (Å²) in [5.41, 5.74) is 6.13. The molecule has 2 heterocycles. The van der Waals surface area contributed by atoms with Crippen molar-refractivity contribution in [3.8, 4) is 33.9 Å². The number of para-hydroxylation sites is 1. The Balaban J connectivity index is 1.24. The van der Waals surface area contributed by atoms with Crippen molar-refractivity contribution in [1.82, 2.24) is 19.9 Å². The average molecular weight is 539 g/mol. The molecule has 0 saturated carbocycles. The van der Waals surface area contributed by atoms with Gasteiger partial charge >= 0.3 is 0 Å². The Morgan fingerprint density at radius 3 is 2.07 bits per heavy atom. The van der Waals surface area contributed by atoms with Gasteiger partial charge in [0.15, 0.2) is 17.5 Å². The van der Waals surface area contributed by atoms with Crippen LogP contribution in [0.5, 0.6) is 0 Å². The lowest BCUT2D eigenvalue weighted by Crippen LogP contribution is -2.12. The molecule has 2 unspecified atom stereocenters. The van der Waals surface area contributed by atoms with Crippen molar-refractivity contribution >= 4 is 27.2 Å². The Kier molecular flexibility index (Phi) is 5.89. The molecular weight excluding hydrogens is 512 g/mol. The highest BCUT2D eigenvalue weighted by Crippen LogP contribution is 2.33. The highest BCUT2D eigenvalue weighted by molar-refractivity contribution is 5.93. The monoisotopic (exact) mass is 538 g/mol. The maximum absolute atomic E-state index is 5.01. The lowest BCUT2D eigenvalue weighted by Gasteiger charge is -2.22. The number of pyridine rings is 1. The molecular formula is C38H26N4. The first kappa shape index (κ1) is 24.3. The summed E-state index contributed by atoms with van der Waals surface area (Å²) in [6, 6.07) is 33.5. The maximum atomic E-state index is 5.01. The third-order valence-corrected chi connectivity index (χ3v) is 8.08. The van der Waals surface area contributed by atoms with Crippen LogP contribution < -0.4 is 0 Å². The van der Waals surface area contributed by atoms with E-state index in [9.17, 15) is 0 Å². The van der Waals surface area contributed by atoms with Crippen LogP contribution in [-0.4, -0.2) is 19.9 Å². The Bertz CT molecular complexity index is 2100. The van der Waals surface area contributed by atoms with E-state index in [1.54, 1.807) is 0 Å². The molecule has 2 atom stereocenters. The zero-order valence-corrected chi connectivity index (χ0v) is 22.8. The third kappa shape index (κ3) is 4.43. The largest absolute Gasteiger partial charge is 0.256 e. The van der Waals surface area contributed by atoms with Crippen molar-refractivity contribution in [2.45, 2.75) is 0 Å². The second-order valence-corrected chi connectivity index (χ2v) is 10.7. The summed E-state index contributed by atoms with van der Waals surface area (Å²) in [6.07, 6.45) is 17.2. The zero-order chi connectivity index (χ0) is 27.9. The number of benzene rings is 4. The maximum Gasteiger partial charge on any atom is 0.164 e. The van der Waals surface area contributed by atoms with Crippen molar-refractivity contribution in [2.24, 2.45) is 11.8 Å². The van der Waals surface area contributed by atoms with E-state index in [0.29, 0.717) is 29.3 Å². The van der Waals surface area contributed by atoms with E-state index in [0.717, 1.165) is 44.1 Å². The van der Waals surface area contributed by atoms with E-state index < -0.39 is 0 Å². The molecule has 0 amide bonds. The third-order valence-electron chi connectivity index (χ3n) is 8.08. The molecule has 0 N–H and O–H groups in total. The second kappa shape index (κ2) is 10.2. The first-order valence-corrected chi connectivity index (χ1v) is 14.2. The minimum absolute atomic E-state index is 0.299. The second-order valence-electron chi connectivity index (χ2n) is 10.7. The summed E-state index contributed by atoms with van der Waals surface area (Å²) < 4.78 is 0. The van der Waals surface area contributed by atoms with Crippen LogP contribution >= 0.6 is 0 Å². The van der Waals surface area contributed by atoms with E-state index in [-0.39, 0.29) is 0 Å². The summed E-state index contributed by atoms with van der Waals surface area (Å²) in [5.74, 6) is 2.67. The number of hydrogen-bond acceptors (Lipinski definition) is 4. The first-order valence-electron chi connectivity index (χ1n) is 14.2. The Morgan fingerprint density at radius 2 is 1.19 bits per heavy atom. The van der Waals surface area contributed by atoms with Crippen LogP contribution in [-0.2, 0) is 0 Å². The minimum atomic E-state index is 0.299. The molecule has 0 bridgehead atoms. The van der Waals surface area contributed by atoms with E-state index >= 15 is 0 Å². The zero-order valence-electron chi connectivity index (χ0n) is 22.8. The van der Waals surface area contributed by atoms with Crippen LogP contribution in [0, 0.1) is 11.8 Å². The SMILES string of the molecule is C1=CC2C=CC(c3nc(-c4ccc(-c5cccc6cccnc56)cc4)nc(-c4ccc5ccccc5c4)n3)=CC2C=C1. The number of hydrogen-bond donors (Lipinski definition) is 0. The van der Waals surface area contributed by atoms with Crippen molar-refractivity contribution in [3.05, 3.63) is 152 Å². The molecule has 198 valence electrons. The number of fused-ring (bicyclic) bond motifs is 3. The number of rotatable bonds is 4. The van der Waals surface area contributed by atoms with Crippen LogP contribution in [0.1, 0.15) is 5.82 Å². The van der Waals surface area contributed by atoms with Crippen molar-refractivity contribution < 1.29 is 0 Å². The normalized spacial score (nSPS) is 17.4. The van der Waals surface area contributed by atoms with Gasteiger partial charge in [0.25, 0.3) is 0 Å². The molecule has 42 heavy (non-hydrogen) atoms. The topological polar surface area (TPSA) is 51.6 Å². The molecule has 0 aliphatic heterocycles. The fourth-order valence-corrected chi connectivity index (χ4v) is 5.86. The fraction of sp³-hybridized carbons (Fsp3) is 0.0526. The van der Waals surface area contributed by atoms with Gasteiger partial charge in [0, 0.05) is 45.7 Å². The van der Waals surface area contributed by atoms with Gasteiger partial charge in [-0.15, -0.1) is 0 Å². The first-order chi connectivity index (χ1) is 20.8. The minimum Gasteiger partial charge on any atom is -0.256 e. The standard InChI is InChI=1S/C38H26N4/c1-3-9-30-23-32(20-14-25(30)7-1)37-40-36(41-38(42-37)33-21-15-26-8-2-4-10-31(26)24-33)29-18-16-27(17-19-29)34-13-5-11-28-12-6-22-39-35(28)34/h1-25,30H. The number of nitrogens with zero attached hydrogens (tertiary/aromatic N) is 4. The van der Waals surface area contributed by atoms with Gasteiger partial charge in [0.05, 0.1) is 5.52 Å². The van der Waals surface area contributed by atoms with Crippen molar-refractivity contribution in [1.29, 1.82) is 0 Å². The van der Waals surface area contributed by atoms with Gasteiger partial charge in [-0.1, -0.05) is 127 Å². The van der Waals surface area contributed by atoms with Crippen LogP contribution in [0.2, 0.25) is 0 Å². The fourth-order valence-electron chi connectivity index (χ4n) is 5.86. The van der Waals surface area contributed by atoms with Crippen molar-refractivity contribution in [2.75, 3.05) is 0 Å². The molecule has 8 rings (SSSR count). The molecule has 0 radical (unpaired) electrons. The predicted molar refractivity (Wildman–Crippen MR) is 171 cm³/mol. The molecule has 0 saturated heterocycles. The van der Waals surface area contributed by atoms with Gasteiger partial charge in [-0.25, -0.2) is 15.0 Å². The number of aromatic nitrogens is 4. The number of allylic oxidation sites excluding steroid dienone is 8. The molecule has 4 nitrogen and oxygen atoms in total. The Morgan fingerprint density at radius 1 is 0.500 bits per heavy atom. The highest BCUT2D eigenvalue weighted by atomic mass is 15.0. The van der Waals surface area contributed by atoms with Gasteiger partial charge in [-0.05, 0) is 28.5 Å². The van der Waals surface area contributed by atoms with Crippen LogP contribution in [0.25, 0.3) is 61.2 Å². The molecule has 4 heteroatoms. The summed E-state index contributed by atoms with van der Waals surface area (Å²) >= 11 is 0. The van der Waals surface area contributed by atoms with Gasteiger partial charge < -0.3 is 0 Å². The summed E-state index contributed by atoms with van der Waals surface area (Å²) in [5, 5.41) is 3.47. The van der Waals surface area contributed by atoms with Crippen LogP contribution in [0.4, 0.5) is 0 Å². The molecule has 2 aliphatic carbocycles. The smallest absolute Gasteiger partial charge is 0.164 e. The Hall–Kier alpha value is -5.48. The van der Waals surface area contributed by atoms with Gasteiger partial charge in [-0.3, -0.25) is 4.98 Å². The lowest BCUT2D eigenvalue weighted by atomic mass is 9.83. The molecule has 6 aromatic rings. The van der Waals surface area contributed by atoms with E-state index in [2.05, 4.69) is 139 Å². The molecule has 0 fully saturated rings. The predicted octanol–water partition coefficient (Wildman–Crippen LogP) is 8.89. The Labute approximate surface area is 244 Å². The van der Waals surface area contributed by atoms with Crippen molar-refractivity contribution in [3.63, 3.8) is 0 Å². The lowest BCUT2D eigenvalue weighted by molar-refractivity contribution is 0.662. The summed E-state index contributed by atoms with van der Waals surface area (Å²) in [4.78, 5) is 19.7. The van der Waals surface area contributed by atoms with E-state index in [1.165, 1.54) is 5.39 Å². The molecule has 2 aromatic heterocycles. The summed E-state index contributed by atoms with van der Waals surface area (Å²) in [6.45, 7) is 0. The molecule has 0 spiro atoms. The van der Waals surface area contributed by atoms with Crippen LogP contribution in [0.3, 0.4) is 0 Å². The molecule has 2 aliphatic rings. The highest BCUT2D eigenvalue weighted by Gasteiger charge is 2.21. The average Bonchev–Trinajstić information content (AvgIpc) is 3.07. The summed E-state index contributed by atoms with van der Waals surface area (Å²) in [7, 11) is 0. The van der Waals surface area contributed by atoms with Gasteiger partial charge in [0.1, 0.15) is 0 Å². The molecule has 4 aromatic carbocycles.